The lowest BCUT2D eigenvalue weighted by molar-refractivity contribution is 0.531. The second kappa shape index (κ2) is 4.01. The van der Waals surface area contributed by atoms with Gasteiger partial charge in [-0.3, -0.25) is 0 Å². The molecule has 1 aliphatic rings. The Morgan fingerprint density at radius 3 is 2.09 bits per heavy atom. The highest BCUT2D eigenvalue weighted by Gasteiger charge is 2.30. The number of hydrogen-bond acceptors (Lipinski definition) is 0. The van der Waals surface area contributed by atoms with Crippen molar-refractivity contribution < 1.29 is 0 Å². The van der Waals surface area contributed by atoms with Gasteiger partial charge in [-0.05, 0) is 40.2 Å². The van der Waals surface area contributed by atoms with Crippen molar-refractivity contribution in [1.82, 2.24) is 0 Å². The highest BCUT2D eigenvalue weighted by Crippen LogP contribution is 2.58. The quantitative estimate of drug-likeness (QED) is 0.641. The summed E-state index contributed by atoms with van der Waals surface area (Å²) in [5.74, 6) is 0. The van der Waals surface area contributed by atoms with Gasteiger partial charge in [0.15, 0.2) is 0 Å². The minimum atomic E-state index is -0.509. The molecule has 0 heterocycles. The zero-order valence-corrected chi connectivity index (χ0v) is 11.1. The van der Waals surface area contributed by atoms with E-state index in [0.29, 0.717) is 0 Å². The van der Waals surface area contributed by atoms with Crippen molar-refractivity contribution in [3.63, 3.8) is 0 Å². The average Bonchev–Trinajstić information content (AvgIpc) is 1.86. The molecule has 0 N–H and O–H groups in total. The molecule has 0 aromatic carbocycles. The van der Waals surface area contributed by atoms with Crippen LogP contribution in [0.4, 0.5) is 0 Å². The molecule has 0 bridgehead atoms. The fourth-order valence-electron chi connectivity index (χ4n) is 1.68. The van der Waals surface area contributed by atoms with E-state index in [4.69, 9.17) is 0 Å². The highest BCUT2D eigenvalue weighted by molar-refractivity contribution is 9.58. The predicted octanol–water partition coefficient (Wildman–Crippen LogP) is 4.07. The summed E-state index contributed by atoms with van der Waals surface area (Å²) in [5, 5.41) is 0.885. The molecule has 0 aromatic rings. The first-order valence-electron chi connectivity index (χ1n) is 4.07. The fourth-order valence-corrected chi connectivity index (χ4v) is 7.67. The van der Waals surface area contributed by atoms with Crippen LogP contribution in [-0.2, 0) is 0 Å². The van der Waals surface area contributed by atoms with Gasteiger partial charge in [-0.25, -0.2) is 0 Å². The Labute approximate surface area is 87.2 Å². The Hall–Kier alpha value is 1.31. The lowest BCUT2D eigenvalue weighted by Gasteiger charge is -2.39. The summed E-state index contributed by atoms with van der Waals surface area (Å²) in [6.07, 6.45) is 10.3. The van der Waals surface area contributed by atoms with E-state index in [2.05, 4.69) is 43.3 Å². The number of halogens is 2. The zero-order chi connectivity index (χ0) is 8.48. The second-order valence-electron chi connectivity index (χ2n) is 3.62. The molecule has 11 heavy (non-hydrogen) atoms. The summed E-state index contributed by atoms with van der Waals surface area (Å²) in [7, 11) is -0.509. The number of rotatable bonds is 1. The largest absolute Gasteiger partial charge is 0.185 e. The normalized spacial score (nSPS) is 35.3. The standard InChI is InChI=1S/C8H16Br2S/c1-11(2,10)8-6-4-3-5-7(8)9/h7-8H,3-6H2,1-2H3. The van der Waals surface area contributed by atoms with Gasteiger partial charge < -0.3 is 0 Å². The molecule has 0 radical (unpaired) electrons. The molecular weight excluding hydrogens is 288 g/mol. The van der Waals surface area contributed by atoms with Crippen LogP contribution < -0.4 is 0 Å². The van der Waals surface area contributed by atoms with Crippen LogP contribution in [0.15, 0.2) is 0 Å². The van der Waals surface area contributed by atoms with E-state index in [1.54, 1.807) is 0 Å². The van der Waals surface area contributed by atoms with E-state index in [1.165, 1.54) is 25.7 Å². The van der Waals surface area contributed by atoms with E-state index >= 15 is 0 Å². The van der Waals surface area contributed by atoms with Crippen molar-refractivity contribution in [3.05, 3.63) is 0 Å². The van der Waals surface area contributed by atoms with Crippen molar-refractivity contribution in [2.75, 3.05) is 12.5 Å². The van der Waals surface area contributed by atoms with Gasteiger partial charge in [-0.15, -0.1) is 0 Å². The van der Waals surface area contributed by atoms with Gasteiger partial charge >= 0.3 is 0 Å². The first-order chi connectivity index (χ1) is 5.02. The van der Waals surface area contributed by atoms with E-state index in [-0.39, 0.29) is 0 Å². The smallest absolute Gasteiger partial charge is 0.0257 e. The Bertz CT molecular complexity index is 131. The summed E-state index contributed by atoms with van der Waals surface area (Å²) >= 11 is 7.62. The maximum absolute atomic E-state index is 3.83. The van der Waals surface area contributed by atoms with Gasteiger partial charge in [0, 0.05) is 10.1 Å². The predicted molar refractivity (Wildman–Crippen MR) is 63.3 cm³/mol. The van der Waals surface area contributed by atoms with Crippen LogP contribution >= 0.6 is 39.2 Å². The first kappa shape index (κ1) is 10.4. The van der Waals surface area contributed by atoms with E-state index < -0.39 is 8.46 Å². The van der Waals surface area contributed by atoms with Crippen LogP contribution in [0.5, 0.6) is 0 Å². The molecule has 0 aromatic heterocycles. The van der Waals surface area contributed by atoms with Crippen molar-refractivity contribution in [2.24, 2.45) is 0 Å². The fraction of sp³-hybridized carbons (Fsp3) is 1.00. The monoisotopic (exact) mass is 302 g/mol. The van der Waals surface area contributed by atoms with Gasteiger partial charge in [-0.2, -0.15) is 8.46 Å². The summed E-state index contributed by atoms with van der Waals surface area (Å²) in [5.41, 5.74) is 0. The van der Waals surface area contributed by atoms with Crippen LogP contribution in [0.1, 0.15) is 25.7 Å². The molecule has 68 valence electrons. The molecule has 0 saturated heterocycles. The summed E-state index contributed by atoms with van der Waals surface area (Å²) < 4.78 is 0. The molecule has 2 unspecified atom stereocenters. The lowest BCUT2D eigenvalue weighted by atomic mass is 10.0. The van der Waals surface area contributed by atoms with Crippen LogP contribution in [0.2, 0.25) is 0 Å². The summed E-state index contributed by atoms with van der Waals surface area (Å²) in [6, 6.07) is 0. The van der Waals surface area contributed by atoms with Crippen molar-refractivity contribution in [1.29, 1.82) is 0 Å². The molecule has 0 nitrogen and oxygen atoms in total. The molecular formula is C8H16Br2S. The molecule has 0 spiro atoms. The third-order valence-corrected chi connectivity index (χ3v) is 7.23. The minimum absolute atomic E-state index is 0.509. The Kier molecular flexibility index (Phi) is 3.79. The summed E-state index contributed by atoms with van der Waals surface area (Å²) in [6.45, 7) is 0. The van der Waals surface area contributed by atoms with Crippen molar-refractivity contribution in [3.8, 4) is 0 Å². The minimum Gasteiger partial charge on any atom is -0.185 e. The third kappa shape index (κ3) is 2.92. The van der Waals surface area contributed by atoms with E-state index in [1.807, 2.05) is 0 Å². The van der Waals surface area contributed by atoms with Gasteiger partial charge in [0.25, 0.3) is 0 Å². The third-order valence-electron chi connectivity index (χ3n) is 2.34. The zero-order valence-electron chi connectivity index (χ0n) is 7.15. The van der Waals surface area contributed by atoms with Gasteiger partial charge in [-0.1, -0.05) is 28.8 Å². The van der Waals surface area contributed by atoms with Gasteiger partial charge in [0.1, 0.15) is 0 Å². The van der Waals surface area contributed by atoms with Crippen LogP contribution in [0.3, 0.4) is 0 Å². The molecule has 1 saturated carbocycles. The lowest BCUT2D eigenvalue weighted by Crippen LogP contribution is -2.27. The van der Waals surface area contributed by atoms with E-state index in [0.717, 1.165) is 10.1 Å². The molecule has 1 rings (SSSR count). The highest BCUT2D eigenvalue weighted by atomic mass is 79.9. The average molecular weight is 304 g/mol. The van der Waals surface area contributed by atoms with Crippen LogP contribution in [0.25, 0.3) is 0 Å². The molecule has 2 atom stereocenters. The Morgan fingerprint density at radius 2 is 1.73 bits per heavy atom. The van der Waals surface area contributed by atoms with Gasteiger partial charge in [0.05, 0.1) is 0 Å². The Balaban J connectivity index is 2.55. The second-order valence-corrected chi connectivity index (χ2v) is 13.0. The molecule has 1 fully saturated rings. The maximum atomic E-state index is 3.83. The molecule has 0 amide bonds. The van der Waals surface area contributed by atoms with E-state index in [9.17, 15) is 0 Å². The van der Waals surface area contributed by atoms with Crippen molar-refractivity contribution in [2.45, 2.75) is 35.8 Å². The summed E-state index contributed by atoms with van der Waals surface area (Å²) in [4.78, 5) is 0.764. The number of alkyl halides is 1. The van der Waals surface area contributed by atoms with Crippen LogP contribution in [-0.4, -0.2) is 22.6 Å². The first-order valence-corrected chi connectivity index (χ1v) is 9.35. The molecule has 3 heteroatoms. The topological polar surface area (TPSA) is 0 Å². The SMILES string of the molecule is CS(C)(Br)C1CCCCC1Br. The molecule has 0 aliphatic heterocycles. The Morgan fingerprint density at radius 1 is 1.18 bits per heavy atom. The van der Waals surface area contributed by atoms with Crippen molar-refractivity contribution >= 4 is 39.2 Å². The van der Waals surface area contributed by atoms with Crippen LogP contribution in [0, 0.1) is 0 Å². The maximum Gasteiger partial charge on any atom is 0.0257 e. The number of hydrogen-bond donors (Lipinski definition) is 0. The molecule has 1 aliphatic carbocycles. The van der Waals surface area contributed by atoms with Gasteiger partial charge in [0.2, 0.25) is 0 Å².